The van der Waals surface area contributed by atoms with Crippen LogP contribution >= 0.6 is 11.8 Å². The molecule has 1 fully saturated rings. The molecule has 0 radical (unpaired) electrons. The number of esters is 1. The number of amidine groups is 1. The molecule has 1 aromatic carbocycles. The van der Waals surface area contributed by atoms with E-state index in [4.69, 9.17) is 9.47 Å². The average molecular weight is 473 g/mol. The number of nitrogens with zero attached hydrogens (tertiary/aromatic N) is 4. The second-order valence-corrected chi connectivity index (χ2v) is 8.46. The second-order valence-electron chi connectivity index (χ2n) is 7.62. The van der Waals surface area contributed by atoms with Crippen molar-refractivity contribution in [3.05, 3.63) is 62.3 Å². The lowest BCUT2D eigenvalue weighted by molar-refractivity contribution is -0.384. The Hall–Kier alpha value is -3.18. The topological polar surface area (TPSA) is 115 Å². The zero-order chi connectivity index (χ0) is 23.5. The van der Waals surface area contributed by atoms with Crippen LogP contribution < -0.4 is 0 Å². The van der Waals surface area contributed by atoms with Gasteiger partial charge in [0.05, 0.1) is 49.0 Å². The van der Waals surface area contributed by atoms with E-state index in [1.165, 1.54) is 31.0 Å². The van der Waals surface area contributed by atoms with Crippen LogP contribution in [0.3, 0.4) is 0 Å². The van der Waals surface area contributed by atoms with Gasteiger partial charge in [-0.2, -0.15) is 0 Å². The van der Waals surface area contributed by atoms with Crippen LogP contribution in [0.1, 0.15) is 31.4 Å². The molecule has 10 nitrogen and oxygen atoms in total. The summed E-state index contributed by atoms with van der Waals surface area (Å²) in [4.78, 5) is 45.1. The number of carbonyl (C=O) groups is 2. The predicted octanol–water partition coefficient (Wildman–Crippen LogP) is 2.98. The third-order valence-corrected chi connectivity index (χ3v) is 6.61. The Balaban J connectivity index is 1.75. The lowest BCUT2D eigenvalue weighted by Crippen LogP contribution is -2.42. The fraction of sp³-hybridized carbons (Fsp3) is 0.409. The van der Waals surface area contributed by atoms with Crippen molar-refractivity contribution in [2.75, 3.05) is 33.4 Å². The molecule has 1 amide bonds. The number of hydrogen-bond acceptors (Lipinski definition) is 9. The van der Waals surface area contributed by atoms with Gasteiger partial charge < -0.3 is 19.3 Å². The van der Waals surface area contributed by atoms with Gasteiger partial charge in [-0.15, -0.1) is 0 Å². The van der Waals surface area contributed by atoms with Crippen LogP contribution in [-0.2, 0) is 19.1 Å². The first-order chi connectivity index (χ1) is 15.9. The van der Waals surface area contributed by atoms with E-state index in [0.29, 0.717) is 60.4 Å². The number of amides is 1. The molecule has 3 aliphatic rings. The minimum Gasteiger partial charge on any atom is -0.466 e. The Morgan fingerprint density at radius 3 is 2.76 bits per heavy atom. The van der Waals surface area contributed by atoms with Crippen molar-refractivity contribution in [3.63, 3.8) is 0 Å². The van der Waals surface area contributed by atoms with Gasteiger partial charge in [0.15, 0.2) is 5.17 Å². The highest BCUT2D eigenvalue weighted by Crippen LogP contribution is 2.46. The molecule has 1 aromatic rings. The third kappa shape index (κ3) is 4.51. The fourth-order valence-electron chi connectivity index (χ4n) is 4.12. The number of methoxy groups -OCH3 is 1. The van der Waals surface area contributed by atoms with E-state index in [0.717, 1.165) is 0 Å². The number of aliphatic imine (C=N–C) groups is 1. The second kappa shape index (κ2) is 9.75. The molecule has 0 aromatic heterocycles. The molecular formula is C22H24N4O6S. The Bertz CT molecular complexity index is 1080. The fourth-order valence-corrected chi connectivity index (χ4v) is 5.05. The van der Waals surface area contributed by atoms with Crippen LogP contribution in [-0.4, -0.2) is 65.2 Å². The van der Waals surface area contributed by atoms with Crippen molar-refractivity contribution in [2.45, 2.75) is 25.8 Å². The summed E-state index contributed by atoms with van der Waals surface area (Å²) in [7, 11) is 1.30. The summed E-state index contributed by atoms with van der Waals surface area (Å²) in [5, 5.41) is 13.9. The van der Waals surface area contributed by atoms with E-state index in [9.17, 15) is 19.7 Å². The zero-order valence-corrected chi connectivity index (χ0v) is 19.2. The zero-order valence-electron chi connectivity index (χ0n) is 18.4. The normalized spacial score (nSPS) is 20.2. The van der Waals surface area contributed by atoms with Gasteiger partial charge >= 0.3 is 5.97 Å². The van der Waals surface area contributed by atoms with Gasteiger partial charge in [-0.3, -0.25) is 14.9 Å². The molecule has 0 N–H and O–H groups in total. The van der Waals surface area contributed by atoms with Crippen molar-refractivity contribution < 1.29 is 24.0 Å². The molecule has 0 aliphatic carbocycles. The number of benzene rings is 1. The van der Waals surface area contributed by atoms with Crippen molar-refractivity contribution in [1.29, 1.82) is 0 Å². The smallest absolute Gasteiger partial charge is 0.338 e. The highest BCUT2D eigenvalue weighted by Gasteiger charge is 2.42. The predicted molar refractivity (Wildman–Crippen MR) is 122 cm³/mol. The summed E-state index contributed by atoms with van der Waals surface area (Å²) >= 11 is 1.37. The number of allylic oxidation sites excluding steroid dienone is 1. The Morgan fingerprint density at radius 1 is 1.33 bits per heavy atom. The number of nitro benzene ring substituents is 1. The molecule has 3 heterocycles. The summed E-state index contributed by atoms with van der Waals surface area (Å²) < 4.78 is 10.4. The largest absolute Gasteiger partial charge is 0.466 e. The van der Waals surface area contributed by atoms with E-state index < -0.39 is 16.9 Å². The van der Waals surface area contributed by atoms with E-state index >= 15 is 0 Å². The van der Waals surface area contributed by atoms with E-state index in [2.05, 4.69) is 4.99 Å². The Kier molecular flexibility index (Phi) is 6.80. The lowest BCUT2D eigenvalue weighted by Gasteiger charge is -2.37. The maximum atomic E-state index is 13.0. The SMILES string of the molecule is CCC1=C(C(=O)OC)[C@@H](c2cccc([N+](=O)[O-])c2)N2C(CC(=O)N3CCOCC3)=CSC2=N1. The number of fused-ring (bicyclic) bond motifs is 1. The van der Waals surface area contributed by atoms with Crippen LogP contribution in [0.5, 0.6) is 0 Å². The molecule has 11 heteroatoms. The summed E-state index contributed by atoms with van der Waals surface area (Å²) in [6.07, 6.45) is 0.600. The van der Waals surface area contributed by atoms with Gasteiger partial charge in [0.25, 0.3) is 5.69 Å². The first-order valence-electron chi connectivity index (χ1n) is 10.6. The Morgan fingerprint density at radius 2 is 2.09 bits per heavy atom. The van der Waals surface area contributed by atoms with Crippen molar-refractivity contribution in [3.8, 4) is 0 Å². The number of thioether (sulfide) groups is 1. The van der Waals surface area contributed by atoms with Crippen LogP contribution in [0.4, 0.5) is 5.69 Å². The van der Waals surface area contributed by atoms with Crippen LogP contribution in [0.2, 0.25) is 0 Å². The molecule has 0 unspecified atom stereocenters. The number of rotatable bonds is 6. The monoisotopic (exact) mass is 472 g/mol. The lowest BCUT2D eigenvalue weighted by atomic mass is 9.92. The van der Waals surface area contributed by atoms with Gasteiger partial charge in [-0.05, 0) is 17.4 Å². The first kappa shape index (κ1) is 23.0. The van der Waals surface area contributed by atoms with Gasteiger partial charge in [0.1, 0.15) is 0 Å². The average Bonchev–Trinajstić information content (AvgIpc) is 3.24. The number of carbonyl (C=O) groups excluding carboxylic acids is 2. The van der Waals surface area contributed by atoms with E-state index in [1.54, 1.807) is 17.0 Å². The molecule has 33 heavy (non-hydrogen) atoms. The summed E-state index contributed by atoms with van der Waals surface area (Å²) in [5.41, 5.74) is 2.03. The van der Waals surface area contributed by atoms with Crippen LogP contribution in [0.25, 0.3) is 0 Å². The molecule has 0 spiro atoms. The van der Waals surface area contributed by atoms with Gasteiger partial charge in [0, 0.05) is 30.9 Å². The molecule has 0 saturated carbocycles. The molecule has 1 saturated heterocycles. The highest BCUT2D eigenvalue weighted by atomic mass is 32.2. The van der Waals surface area contributed by atoms with Crippen molar-refractivity contribution in [2.24, 2.45) is 4.99 Å². The number of nitro groups is 1. The van der Waals surface area contributed by atoms with Crippen molar-refractivity contribution in [1.82, 2.24) is 9.80 Å². The highest BCUT2D eigenvalue weighted by molar-refractivity contribution is 8.16. The minimum absolute atomic E-state index is 0.0471. The maximum absolute atomic E-state index is 13.0. The van der Waals surface area contributed by atoms with E-state index in [1.807, 2.05) is 17.2 Å². The molecular weight excluding hydrogens is 448 g/mol. The van der Waals surface area contributed by atoms with Crippen LogP contribution in [0, 0.1) is 10.1 Å². The maximum Gasteiger partial charge on any atom is 0.338 e. The molecule has 174 valence electrons. The minimum atomic E-state index is -0.696. The van der Waals surface area contributed by atoms with Gasteiger partial charge in [-0.1, -0.05) is 30.8 Å². The summed E-state index contributed by atoms with van der Waals surface area (Å²) in [6.45, 7) is 3.95. The molecule has 0 bridgehead atoms. The number of hydrogen-bond donors (Lipinski definition) is 0. The molecule has 4 rings (SSSR count). The van der Waals surface area contributed by atoms with Crippen molar-refractivity contribution >= 4 is 34.5 Å². The number of morpholine rings is 1. The standard InChI is InChI=1S/C22H24N4O6S/c1-3-17-19(21(28)31-2)20(14-5-4-6-15(11-14)26(29)30)25-16(13-33-22(25)23-17)12-18(27)24-7-9-32-10-8-24/h4-6,11,13,20H,3,7-10,12H2,1-2H3/t20-/m1/s1. The molecule has 3 aliphatic heterocycles. The van der Waals surface area contributed by atoms with Crippen LogP contribution in [0.15, 0.2) is 51.6 Å². The molecule has 1 atom stereocenters. The summed E-state index contributed by atoms with van der Waals surface area (Å²) in [5.74, 6) is -0.601. The summed E-state index contributed by atoms with van der Waals surface area (Å²) in [6, 6.07) is 5.49. The van der Waals surface area contributed by atoms with Gasteiger partial charge in [0.2, 0.25) is 5.91 Å². The Labute approximate surface area is 195 Å². The first-order valence-corrected chi connectivity index (χ1v) is 11.5. The quantitative estimate of drug-likeness (QED) is 0.353. The third-order valence-electron chi connectivity index (χ3n) is 5.72. The number of non-ortho nitro benzene ring substituents is 1. The number of ether oxygens (including phenoxy) is 2. The van der Waals surface area contributed by atoms with E-state index in [-0.39, 0.29) is 18.0 Å². The van der Waals surface area contributed by atoms with Gasteiger partial charge in [-0.25, -0.2) is 9.79 Å².